The van der Waals surface area contributed by atoms with Crippen LogP contribution in [-0.4, -0.2) is 11.2 Å². The van der Waals surface area contributed by atoms with E-state index in [1.54, 1.807) is 18.2 Å². The maximum atomic E-state index is 12.4. The van der Waals surface area contributed by atoms with Gasteiger partial charge in [0.15, 0.2) is 0 Å². The molecule has 0 aliphatic heterocycles. The predicted octanol–water partition coefficient (Wildman–Crippen LogP) is 4.85. The SMILES string of the molecule is FC(F)(F)c1ccc(N/N=C\c2ccc(Cl)c(Cl)c2)nc1. The molecule has 1 heterocycles. The molecule has 21 heavy (non-hydrogen) atoms. The first-order valence-corrected chi connectivity index (χ1v) is 6.39. The molecule has 3 nitrogen and oxygen atoms in total. The Labute approximate surface area is 128 Å². The highest BCUT2D eigenvalue weighted by Crippen LogP contribution is 2.28. The topological polar surface area (TPSA) is 37.3 Å². The highest BCUT2D eigenvalue weighted by atomic mass is 35.5. The average molecular weight is 334 g/mol. The minimum absolute atomic E-state index is 0.194. The lowest BCUT2D eigenvalue weighted by molar-refractivity contribution is -0.137. The van der Waals surface area contributed by atoms with Crippen LogP contribution in [0.25, 0.3) is 0 Å². The van der Waals surface area contributed by atoms with Crippen LogP contribution < -0.4 is 5.43 Å². The third-order valence-electron chi connectivity index (χ3n) is 2.43. The van der Waals surface area contributed by atoms with Gasteiger partial charge >= 0.3 is 6.18 Å². The summed E-state index contributed by atoms with van der Waals surface area (Å²) in [6, 6.07) is 7.02. The summed E-state index contributed by atoms with van der Waals surface area (Å²) in [5.74, 6) is 0.194. The van der Waals surface area contributed by atoms with Crippen molar-refractivity contribution >= 4 is 35.2 Å². The molecule has 8 heteroatoms. The van der Waals surface area contributed by atoms with E-state index < -0.39 is 11.7 Å². The zero-order valence-electron chi connectivity index (χ0n) is 10.3. The third-order valence-corrected chi connectivity index (χ3v) is 3.17. The quantitative estimate of drug-likeness (QED) is 0.643. The molecule has 1 aromatic heterocycles. The van der Waals surface area contributed by atoms with E-state index in [4.69, 9.17) is 23.2 Å². The Morgan fingerprint density at radius 2 is 1.86 bits per heavy atom. The molecule has 0 atom stereocenters. The highest BCUT2D eigenvalue weighted by molar-refractivity contribution is 6.42. The number of nitrogens with zero attached hydrogens (tertiary/aromatic N) is 2. The lowest BCUT2D eigenvalue weighted by Gasteiger charge is -2.06. The van der Waals surface area contributed by atoms with E-state index in [9.17, 15) is 13.2 Å². The van der Waals surface area contributed by atoms with Crippen LogP contribution in [0.1, 0.15) is 11.1 Å². The van der Waals surface area contributed by atoms with Gasteiger partial charge in [0.1, 0.15) is 5.82 Å². The first kappa shape index (κ1) is 15.6. The molecular weight excluding hydrogens is 326 g/mol. The zero-order chi connectivity index (χ0) is 15.5. The Balaban J connectivity index is 2.02. The number of nitrogens with one attached hydrogen (secondary N) is 1. The lowest BCUT2D eigenvalue weighted by Crippen LogP contribution is -2.05. The summed E-state index contributed by atoms with van der Waals surface area (Å²) in [7, 11) is 0. The number of benzene rings is 1. The predicted molar refractivity (Wildman–Crippen MR) is 76.9 cm³/mol. The summed E-state index contributed by atoms with van der Waals surface area (Å²) in [6.45, 7) is 0. The maximum Gasteiger partial charge on any atom is 0.417 e. The van der Waals surface area contributed by atoms with E-state index in [1.807, 2.05) is 0 Å². The lowest BCUT2D eigenvalue weighted by atomic mass is 10.2. The van der Waals surface area contributed by atoms with Crippen LogP contribution in [0.3, 0.4) is 0 Å². The van der Waals surface area contributed by atoms with Gasteiger partial charge in [-0.05, 0) is 29.8 Å². The van der Waals surface area contributed by atoms with Gasteiger partial charge in [-0.15, -0.1) is 0 Å². The summed E-state index contributed by atoms with van der Waals surface area (Å²) >= 11 is 11.6. The molecule has 0 saturated heterocycles. The number of alkyl halides is 3. The van der Waals surface area contributed by atoms with Crippen LogP contribution in [-0.2, 0) is 6.18 Å². The molecule has 0 radical (unpaired) electrons. The molecule has 0 aliphatic carbocycles. The van der Waals surface area contributed by atoms with E-state index in [2.05, 4.69) is 15.5 Å². The number of hydrogen-bond donors (Lipinski definition) is 1. The van der Waals surface area contributed by atoms with Crippen LogP contribution in [0, 0.1) is 0 Å². The van der Waals surface area contributed by atoms with Crippen LogP contribution in [0.15, 0.2) is 41.6 Å². The van der Waals surface area contributed by atoms with Crippen LogP contribution in [0.5, 0.6) is 0 Å². The molecule has 2 aromatic rings. The van der Waals surface area contributed by atoms with E-state index in [0.29, 0.717) is 15.6 Å². The minimum atomic E-state index is -4.41. The molecule has 2 rings (SSSR count). The molecule has 0 aliphatic rings. The molecule has 110 valence electrons. The summed E-state index contributed by atoms with van der Waals surface area (Å²) in [5, 5.41) is 4.66. The van der Waals surface area contributed by atoms with Crippen LogP contribution in [0.2, 0.25) is 10.0 Å². The number of aromatic nitrogens is 1. The Kier molecular flexibility index (Phi) is 4.69. The molecule has 0 bridgehead atoms. The number of rotatable bonds is 3. The first-order valence-electron chi connectivity index (χ1n) is 5.63. The second-order valence-corrected chi connectivity index (χ2v) is 4.79. The molecule has 0 amide bonds. The molecule has 0 fully saturated rings. The van der Waals surface area contributed by atoms with Gasteiger partial charge in [0.2, 0.25) is 0 Å². The van der Waals surface area contributed by atoms with Gasteiger partial charge in [-0.2, -0.15) is 18.3 Å². The molecule has 0 spiro atoms. The van der Waals surface area contributed by atoms with Crippen molar-refractivity contribution in [3.63, 3.8) is 0 Å². The van der Waals surface area contributed by atoms with Gasteiger partial charge in [0.25, 0.3) is 0 Å². The van der Waals surface area contributed by atoms with Gasteiger partial charge in [0.05, 0.1) is 21.8 Å². The summed E-state index contributed by atoms with van der Waals surface area (Å²) in [5.41, 5.74) is 2.39. The highest BCUT2D eigenvalue weighted by Gasteiger charge is 2.30. The summed E-state index contributed by atoms with van der Waals surface area (Å²) < 4.78 is 37.1. The fourth-order valence-corrected chi connectivity index (χ4v) is 1.70. The number of pyridine rings is 1. The number of halogens is 5. The first-order chi connectivity index (χ1) is 9.86. The Morgan fingerprint density at radius 1 is 1.10 bits per heavy atom. The Hall–Kier alpha value is -1.79. The van der Waals surface area contributed by atoms with Crippen molar-refractivity contribution in [3.05, 3.63) is 57.7 Å². The molecule has 1 aromatic carbocycles. The molecule has 0 unspecified atom stereocenters. The van der Waals surface area contributed by atoms with E-state index in [1.165, 1.54) is 12.3 Å². The standard InChI is InChI=1S/C13H8Cl2F3N3/c14-10-3-1-8(5-11(10)15)6-20-21-12-4-2-9(7-19-12)13(16,17)18/h1-7H,(H,19,21)/b20-6-. The fraction of sp³-hybridized carbons (Fsp3) is 0.0769. The second-order valence-electron chi connectivity index (χ2n) is 3.97. The van der Waals surface area contributed by atoms with E-state index >= 15 is 0 Å². The van der Waals surface area contributed by atoms with Crippen molar-refractivity contribution in [2.24, 2.45) is 5.10 Å². The van der Waals surface area contributed by atoms with Crippen molar-refractivity contribution in [2.75, 3.05) is 5.43 Å². The monoisotopic (exact) mass is 333 g/mol. The molecule has 0 saturated carbocycles. The molecule has 1 N–H and O–H groups in total. The van der Waals surface area contributed by atoms with E-state index in [-0.39, 0.29) is 5.82 Å². The van der Waals surface area contributed by atoms with Crippen LogP contribution >= 0.6 is 23.2 Å². The average Bonchev–Trinajstić information content (AvgIpc) is 2.42. The van der Waals surface area contributed by atoms with Gasteiger partial charge in [-0.1, -0.05) is 29.3 Å². The largest absolute Gasteiger partial charge is 0.417 e. The normalized spacial score (nSPS) is 11.9. The third kappa shape index (κ3) is 4.34. The summed E-state index contributed by atoms with van der Waals surface area (Å²) in [4.78, 5) is 3.62. The summed E-state index contributed by atoms with van der Waals surface area (Å²) in [6.07, 6.45) is -2.23. The fourth-order valence-electron chi connectivity index (χ4n) is 1.39. The van der Waals surface area contributed by atoms with Crippen molar-refractivity contribution in [3.8, 4) is 0 Å². The minimum Gasteiger partial charge on any atom is -0.261 e. The Bertz CT molecular complexity index is 655. The van der Waals surface area contributed by atoms with Gasteiger partial charge in [-0.3, -0.25) is 5.43 Å². The molecular formula is C13H8Cl2F3N3. The maximum absolute atomic E-state index is 12.4. The number of hydrogen-bond acceptors (Lipinski definition) is 3. The van der Waals surface area contributed by atoms with Crippen molar-refractivity contribution in [1.82, 2.24) is 4.98 Å². The van der Waals surface area contributed by atoms with Crippen LogP contribution in [0.4, 0.5) is 19.0 Å². The van der Waals surface area contributed by atoms with Crippen molar-refractivity contribution in [2.45, 2.75) is 6.18 Å². The number of anilines is 1. The van der Waals surface area contributed by atoms with Gasteiger partial charge in [-0.25, -0.2) is 4.98 Å². The Morgan fingerprint density at radius 3 is 2.43 bits per heavy atom. The second kappa shape index (κ2) is 6.32. The van der Waals surface area contributed by atoms with Gasteiger partial charge < -0.3 is 0 Å². The smallest absolute Gasteiger partial charge is 0.261 e. The van der Waals surface area contributed by atoms with Gasteiger partial charge in [0, 0.05) is 6.20 Å². The van der Waals surface area contributed by atoms with Crippen molar-refractivity contribution < 1.29 is 13.2 Å². The van der Waals surface area contributed by atoms with Crippen molar-refractivity contribution in [1.29, 1.82) is 0 Å². The number of hydrazone groups is 1. The zero-order valence-corrected chi connectivity index (χ0v) is 11.8. The van der Waals surface area contributed by atoms with E-state index in [0.717, 1.165) is 12.3 Å².